The molecule has 0 saturated carbocycles. The van der Waals surface area contributed by atoms with Crippen molar-refractivity contribution in [3.05, 3.63) is 70.2 Å². The van der Waals surface area contributed by atoms with E-state index in [2.05, 4.69) is 5.32 Å². The van der Waals surface area contributed by atoms with E-state index in [4.69, 9.17) is 11.6 Å². The number of hydrogen-bond donors (Lipinski definition) is 1. The van der Waals surface area contributed by atoms with E-state index in [-0.39, 0.29) is 6.04 Å². The van der Waals surface area contributed by atoms with Gasteiger partial charge in [-0.25, -0.2) is 8.78 Å². The van der Waals surface area contributed by atoms with Crippen molar-refractivity contribution in [3.8, 4) is 0 Å². The number of benzene rings is 2. The molecular weight excluding hydrogens is 280 g/mol. The van der Waals surface area contributed by atoms with Crippen molar-refractivity contribution < 1.29 is 8.78 Å². The van der Waals surface area contributed by atoms with Crippen LogP contribution in [0.4, 0.5) is 8.78 Å². The lowest BCUT2D eigenvalue weighted by atomic mass is 9.98. The summed E-state index contributed by atoms with van der Waals surface area (Å²) in [4.78, 5) is 0. The summed E-state index contributed by atoms with van der Waals surface area (Å²) in [6.45, 7) is 2.80. The third-order valence-corrected chi connectivity index (χ3v) is 3.44. The van der Waals surface area contributed by atoms with Crippen LogP contribution < -0.4 is 5.32 Å². The van der Waals surface area contributed by atoms with Crippen LogP contribution in [0.3, 0.4) is 0 Å². The van der Waals surface area contributed by atoms with Gasteiger partial charge in [-0.1, -0.05) is 42.8 Å². The molecule has 0 aromatic heterocycles. The third-order valence-electron chi connectivity index (χ3n) is 3.09. The lowest BCUT2D eigenvalue weighted by molar-refractivity contribution is 0.503. The molecule has 2 aromatic rings. The first kappa shape index (κ1) is 14.9. The second-order valence-corrected chi connectivity index (χ2v) is 4.99. The molecule has 0 heterocycles. The molecule has 0 fully saturated rings. The van der Waals surface area contributed by atoms with Crippen LogP contribution in [0.2, 0.25) is 5.02 Å². The van der Waals surface area contributed by atoms with Gasteiger partial charge in [-0.2, -0.15) is 0 Å². The number of rotatable bonds is 5. The summed E-state index contributed by atoms with van der Waals surface area (Å²) in [5.74, 6) is -1.69. The molecule has 1 unspecified atom stereocenters. The van der Waals surface area contributed by atoms with Gasteiger partial charge in [-0.15, -0.1) is 0 Å². The minimum absolute atomic E-state index is 0.251. The summed E-state index contributed by atoms with van der Waals surface area (Å²) in [5.41, 5.74) is 1.51. The fourth-order valence-electron chi connectivity index (χ4n) is 2.10. The van der Waals surface area contributed by atoms with E-state index in [1.54, 1.807) is 12.1 Å². The zero-order valence-electron chi connectivity index (χ0n) is 11.2. The van der Waals surface area contributed by atoms with Gasteiger partial charge < -0.3 is 5.32 Å². The first-order valence-electron chi connectivity index (χ1n) is 6.56. The van der Waals surface area contributed by atoms with Gasteiger partial charge in [0.05, 0.1) is 6.04 Å². The first-order valence-corrected chi connectivity index (χ1v) is 6.94. The van der Waals surface area contributed by atoms with Gasteiger partial charge in [0, 0.05) is 5.02 Å². The van der Waals surface area contributed by atoms with E-state index >= 15 is 0 Å². The highest BCUT2D eigenvalue weighted by atomic mass is 35.5. The number of hydrogen-bond acceptors (Lipinski definition) is 1. The molecule has 4 heteroatoms. The van der Waals surface area contributed by atoms with Crippen LogP contribution in [0.15, 0.2) is 42.5 Å². The SMILES string of the molecule is CCCNC(c1ccc(F)c(F)c1)c1ccccc1Cl. The molecule has 20 heavy (non-hydrogen) atoms. The predicted octanol–water partition coefficient (Wildman–Crippen LogP) is 4.71. The van der Waals surface area contributed by atoms with Crippen molar-refractivity contribution in [3.63, 3.8) is 0 Å². The lowest BCUT2D eigenvalue weighted by Gasteiger charge is -2.21. The highest BCUT2D eigenvalue weighted by Gasteiger charge is 2.17. The normalized spacial score (nSPS) is 12.4. The van der Waals surface area contributed by atoms with Crippen LogP contribution >= 0.6 is 11.6 Å². The second-order valence-electron chi connectivity index (χ2n) is 4.58. The van der Waals surface area contributed by atoms with Gasteiger partial charge in [-0.3, -0.25) is 0 Å². The Hall–Kier alpha value is -1.45. The van der Waals surface area contributed by atoms with Gasteiger partial charge in [0.15, 0.2) is 11.6 Å². The average molecular weight is 296 g/mol. The molecule has 2 aromatic carbocycles. The Morgan fingerprint density at radius 1 is 1.10 bits per heavy atom. The second kappa shape index (κ2) is 6.82. The van der Waals surface area contributed by atoms with Gasteiger partial charge in [0.2, 0.25) is 0 Å². The fourth-order valence-corrected chi connectivity index (χ4v) is 2.34. The zero-order chi connectivity index (χ0) is 14.5. The van der Waals surface area contributed by atoms with Crippen LogP contribution in [0.1, 0.15) is 30.5 Å². The maximum atomic E-state index is 13.4. The lowest BCUT2D eigenvalue weighted by Crippen LogP contribution is -2.23. The number of nitrogens with one attached hydrogen (secondary N) is 1. The summed E-state index contributed by atoms with van der Waals surface area (Å²) < 4.78 is 26.5. The van der Waals surface area contributed by atoms with Crippen molar-refractivity contribution in [1.82, 2.24) is 5.32 Å². The van der Waals surface area contributed by atoms with E-state index in [0.29, 0.717) is 10.6 Å². The molecule has 0 aliphatic heterocycles. The smallest absolute Gasteiger partial charge is 0.159 e. The van der Waals surface area contributed by atoms with E-state index in [0.717, 1.165) is 24.6 Å². The monoisotopic (exact) mass is 295 g/mol. The molecule has 1 N–H and O–H groups in total. The van der Waals surface area contributed by atoms with Crippen molar-refractivity contribution in [2.24, 2.45) is 0 Å². The number of halogens is 3. The Morgan fingerprint density at radius 3 is 2.50 bits per heavy atom. The van der Waals surface area contributed by atoms with Gasteiger partial charge in [-0.05, 0) is 42.3 Å². The maximum absolute atomic E-state index is 13.4. The van der Waals surface area contributed by atoms with E-state index in [1.165, 1.54) is 6.07 Å². The summed E-state index contributed by atoms with van der Waals surface area (Å²) in [6.07, 6.45) is 0.935. The highest BCUT2D eigenvalue weighted by molar-refractivity contribution is 6.31. The molecule has 0 bridgehead atoms. The third kappa shape index (κ3) is 3.35. The maximum Gasteiger partial charge on any atom is 0.159 e. The van der Waals surface area contributed by atoms with Crippen LogP contribution in [0.5, 0.6) is 0 Å². The zero-order valence-corrected chi connectivity index (χ0v) is 11.9. The van der Waals surface area contributed by atoms with Crippen molar-refractivity contribution in [1.29, 1.82) is 0 Å². The average Bonchev–Trinajstić information content (AvgIpc) is 2.44. The van der Waals surface area contributed by atoms with Crippen LogP contribution in [0, 0.1) is 11.6 Å². The molecule has 106 valence electrons. The summed E-state index contributed by atoms with van der Waals surface area (Å²) in [7, 11) is 0. The standard InChI is InChI=1S/C16H16ClF2N/c1-2-9-20-16(12-5-3-4-6-13(12)17)11-7-8-14(18)15(19)10-11/h3-8,10,16,20H,2,9H2,1H3. The minimum atomic E-state index is -0.849. The van der Waals surface area contributed by atoms with Crippen LogP contribution in [-0.2, 0) is 0 Å². The van der Waals surface area contributed by atoms with Gasteiger partial charge >= 0.3 is 0 Å². The van der Waals surface area contributed by atoms with Crippen molar-refractivity contribution >= 4 is 11.6 Å². The summed E-state index contributed by atoms with van der Waals surface area (Å²) >= 11 is 6.21. The van der Waals surface area contributed by atoms with Crippen molar-refractivity contribution in [2.75, 3.05) is 6.54 Å². The van der Waals surface area contributed by atoms with Crippen LogP contribution in [-0.4, -0.2) is 6.54 Å². The van der Waals surface area contributed by atoms with Crippen LogP contribution in [0.25, 0.3) is 0 Å². The molecule has 0 aliphatic rings. The molecule has 0 amide bonds. The summed E-state index contributed by atoms with van der Waals surface area (Å²) in [5, 5.41) is 3.92. The minimum Gasteiger partial charge on any atom is -0.306 e. The fraction of sp³-hybridized carbons (Fsp3) is 0.250. The first-order chi connectivity index (χ1) is 9.63. The summed E-state index contributed by atoms with van der Waals surface area (Å²) in [6, 6.07) is 11.1. The molecule has 0 aliphatic carbocycles. The Kier molecular flexibility index (Phi) is 5.10. The Balaban J connectivity index is 2.41. The van der Waals surface area contributed by atoms with E-state index in [1.807, 2.05) is 25.1 Å². The van der Waals surface area contributed by atoms with Gasteiger partial charge in [0.1, 0.15) is 0 Å². The highest BCUT2D eigenvalue weighted by Crippen LogP contribution is 2.29. The quantitative estimate of drug-likeness (QED) is 0.842. The van der Waals surface area contributed by atoms with Crippen molar-refractivity contribution in [2.45, 2.75) is 19.4 Å². The van der Waals surface area contributed by atoms with E-state index < -0.39 is 11.6 Å². The predicted molar refractivity (Wildman–Crippen MR) is 77.9 cm³/mol. The molecule has 1 nitrogen and oxygen atoms in total. The topological polar surface area (TPSA) is 12.0 Å². The Labute approximate surface area is 122 Å². The molecular formula is C16H16ClF2N. The molecule has 0 spiro atoms. The molecule has 1 atom stereocenters. The van der Waals surface area contributed by atoms with E-state index in [9.17, 15) is 8.78 Å². The molecule has 0 saturated heterocycles. The Bertz CT molecular complexity index is 586. The Morgan fingerprint density at radius 2 is 1.85 bits per heavy atom. The molecule has 2 rings (SSSR count). The largest absolute Gasteiger partial charge is 0.306 e. The van der Waals surface area contributed by atoms with Gasteiger partial charge in [0.25, 0.3) is 0 Å². The molecule has 0 radical (unpaired) electrons.